The molecule has 0 atom stereocenters. The third-order valence-electron chi connectivity index (χ3n) is 1.65. The van der Waals surface area contributed by atoms with Crippen LogP contribution >= 0.6 is 0 Å². The molecule has 31 heteroatoms. The first-order valence-electron chi connectivity index (χ1n) is 6.53. The second-order valence-corrected chi connectivity index (χ2v) is 12.5. The summed E-state index contributed by atoms with van der Waals surface area (Å²) in [6.45, 7) is 4.09. The predicted molar refractivity (Wildman–Crippen MR) is 121 cm³/mol. The molecule has 0 spiro atoms. The summed E-state index contributed by atoms with van der Waals surface area (Å²) in [5.74, 6) is 0. The number of anilines is 1. The van der Waals surface area contributed by atoms with Gasteiger partial charge >= 0.3 is 185 Å². The molecule has 0 heterocycles. The molecule has 0 aliphatic heterocycles. The summed E-state index contributed by atoms with van der Waals surface area (Å²) >= 11 is -22.2. The zero-order valence-corrected chi connectivity index (χ0v) is 34.1. The molecule has 14 N–H and O–H groups in total. The average Bonchev–Trinajstić information content (AvgIpc) is 2.49. The zero-order chi connectivity index (χ0) is 28.3. The third-order valence-corrected chi connectivity index (χ3v) is 1.65. The first-order chi connectivity index (χ1) is 14.6. The molecule has 0 saturated carbocycles. The molecular weight excluding hydrogens is 1240 g/mol. The van der Waals surface area contributed by atoms with E-state index in [1.807, 2.05) is 19.1 Å². The third kappa shape index (κ3) is 227. The van der Waals surface area contributed by atoms with Gasteiger partial charge < -0.3 is 5.73 Å². The molecule has 0 amide bonds. The Bertz CT molecular complexity index is 617. The molecule has 39 heavy (non-hydrogen) atoms. The van der Waals surface area contributed by atoms with E-state index in [2.05, 4.69) is 13.0 Å². The van der Waals surface area contributed by atoms with Crippen LogP contribution in [0.4, 0.5) is 33.9 Å². The van der Waals surface area contributed by atoms with Crippen LogP contribution in [-0.2, 0) is 18.1 Å². The van der Waals surface area contributed by atoms with Gasteiger partial charge in [-0.2, -0.15) is 0 Å². The van der Waals surface area contributed by atoms with E-state index in [0.29, 0.717) is 0 Å². The van der Waals surface area contributed by atoms with Gasteiger partial charge in [0.1, 0.15) is 0 Å². The Hall–Kier alpha value is 1.83. The van der Waals surface area contributed by atoms with E-state index in [1.165, 1.54) is 11.1 Å². The van der Waals surface area contributed by atoms with Crippen LogP contribution in [0, 0.1) is 13.8 Å². The summed E-state index contributed by atoms with van der Waals surface area (Å²) < 4.78 is 140. The topological polar surface area (TPSA) is 371 Å². The fourth-order valence-electron chi connectivity index (χ4n) is 0.774. The van der Waals surface area contributed by atoms with Crippen molar-refractivity contribution < 1.29 is 87.0 Å². The van der Waals surface area contributed by atoms with E-state index >= 15 is 0 Å². The first-order valence-corrected chi connectivity index (χ1v) is 26.5. The van der Waals surface area contributed by atoms with Gasteiger partial charge in [0, 0.05) is 5.69 Å². The molecule has 1 aromatic rings. The maximum absolute atomic E-state index is 8.82. The van der Waals surface area contributed by atoms with Crippen LogP contribution in [0.2, 0.25) is 0 Å². The van der Waals surface area contributed by atoms with E-state index < -0.39 is 126 Å². The molecule has 0 fully saturated rings. The molecule has 0 aliphatic rings. The monoisotopic (exact) mass is 1270 g/mol. The zero-order valence-electron chi connectivity index (χ0n) is 18.8. The Morgan fingerprint density at radius 1 is 0.462 bits per heavy atom. The van der Waals surface area contributed by atoms with Crippen LogP contribution in [-0.4, -0.2) is 167 Å². The van der Waals surface area contributed by atoms with Crippen LogP contribution in [0.5, 0.6) is 0 Å². The molecule has 19 nitrogen and oxygen atoms in total. The number of hydrogen-bond donors (Lipinski definition) is 13. The first kappa shape index (κ1) is 77.9. The summed E-state index contributed by atoms with van der Waals surface area (Å²) in [7, 11) is 0. The van der Waals surface area contributed by atoms with Gasteiger partial charge in [-0.25, -0.2) is 0 Å². The minimum atomic E-state index is -3.70. The van der Waals surface area contributed by atoms with Crippen LogP contribution in [0.25, 0.3) is 0 Å². The van der Waals surface area contributed by atoms with Crippen molar-refractivity contribution in [3.63, 3.8) is 0 Å². The number of halogens is 6. The van der Waals surface area contributed by atoms with Gasteiger partial charge in [-0.3, -0.25) is 28.2 Å². The summed E-state index contributed by atoms with van der Waals surface area (Å²) in [6, 6.07) is 5.95. The van der Waals surface area contributed by atoms with Gasteiger partial charge in [-0.1, -0.05) is 12.1 Å². The number of nitrogen functional groups attached to an aromatic ring is 1. The summed E-state index contributed by atoms with van der Waals surface area (Å²) in [6.07, 6.45) is 0. The molecule has 6 radical (unpaired) electrons. The second kappa shape index (κ2) is 59.3. The Morgan fingerprint density at radius 3 is 0.718 bits per heavy atom. The number of benzene rings is 1. The number of nitrogens with two attached hydrogens (primary N) is 1. The molecule has 246 valence electrons. The van der Waals surface area contributed by atoms with Crippen LogP contribution in [0.3, 0.4) is 0 Å². The van der Waals surface area contributed by atoms with Crippen molar-refractivity contribution in [2.75, 3.05) is 5.73 Å². The number of rotatable bonds is 0. The van der Waals surface area contributed by atoms with Crippen LogP contribution < -0.4 is 5.73 Å². The van der Waals surface area contributed by atoms with Gasteiger partial charge in [-0.05, 0) is 31.0 Å². The fourth-order valence-corrected chi connectivity index (χ4v) is 0.774. The Morgan fingerprint density at radius 2 is 0.615 bits per heavy atom. The predicted octanol–water partition coefficient (Wildman–Crippen LogP) is -6.88. The molecule has 0 aliphatic carbocycles. The van der Waals surface area contributed by atoms with Gasteiger partial charge in [0.2, 0.25) is 0 Å². The van der Waals surface area contributed by atoms with Gasteiger partial charge in [0.15, 0.2) is 0 Å². The Labute approximate surface area is 264 Å². The van der Waals surface area contributed by atoms with Crippen LogP contribution in [0.1, 0.15) is 11.1 Å². The Kier molecular flexibility index (Phi) is 118. The average molecular weight is 1270 g/mol. The van der Waals surface area contributed by atoms with Crippen molar-refractivity contribution in [3.8, 4) is 0 Å². The van der Waals surface area contributed by atoms with E-state index in [1.54, 1.807) is 0 Å². The number of hydrogen-bond acceptors (Lipinski definition) is 7. The quantitative estimate of drug-likeness (QED) is 0.0652. The normalized spacial score (nSPS) is 6.21. The molecule has 0 bridgehead atoms. The number of aryl methyl sites for hydroxylation is 1. The summed E-state index contributed by atoms with van der Waals surface area (Å²) in [4.78, 5) is 0. The van der Waals surface area contributed by atoms with Gasteiger partial charge in [-0.15, -0.1) is 0 Å². The molecule has 1 rings (SSSR count). The fraction of sp³-hybridized carbons (Fsp3) is 0.250. The van der Waals surface area contributed by atoms with Crippen molar-refractivity contribution in [2.24, 2.45) is 0 Å². The molecular formula is C8H29F6NO18Sb6. The molecule has 1 aromatic carbocycles. The van der Waals surface area contributed by atoms with Crippen LogP contribution in [0.15, 0.2) is 18.2 Å². The second-order valence-electron chi connectivity index (χ2n) is 3.81. The molecule has 0 aromatic heterocycles. The SMILES string of the molecule is Cc1cccc(N)c1C.F.F.F.F.F.F.[O]=[Sb]([OH])[OH].[O]=[Sb]([OH])[OH].[O]=[Sb]([OH])[OH].[O]=[Sb]([OH])[OH].[O]=[Sb]([OH])[OH].[O]=[Sb]([OH])[OH]. The summed E-state index contributed by atoms with van der Waals surface area (Å²) in [5.41, 5.74) is 8.96. The minimum absolute atomic E-state index is 0. The molecule has 0 unspecified atom stereocenters. The summed E-state index contributed by atoms with van der Waals surface area (Å²) in [5, 5.41) is 0. The molecule has 0 saturated heterocycles. The van der Waals surface area contributed by atoms with E-state index in [4.69, 9.17) is 64.5 Å². The standard InChI is InChI=1S/C8H11N.6FH.12H2O.6O.6Sb/c1-6-4-3-5-8(9)7(6)2;;;;;;;;;;;;;;;;;;;;;;;;;;;;;;/h3-5H,9H2,1-2H3;6*1H;12*1H2;;;;;;;;;;;;/q;;;;;;;;;;;;;;;;;;;;;;;;;6*+2/p-12. The maximum atomic E-state index is 8.82. The van der Waals surface area contributed by atoms with Crippen molar-refractivity contribution in [3.05, 3.63) is 29.3 Å². The van der Waals surface area contributed by atoms with Crippen molar-refractivity contribution in [1.29, 1.82) is 0 Å². The Balaban J connectivity index is -0.0000000220. The van der Waals surface area contributed by atoms with Crippen molar-refractivity contribution in [2.45, 2.75) is 13.8 Å². The van der Waals surface area contributed by atoms with Crippen molar-refractivity contribution in [1.82, 2.24) is 0 Å². The van der Waals surface area contributed by atoms with Crippen molar-refractivity contribution >= 4 is 132 Å². The van der Waals surface area contributed by atoms with E-state index in [-0.39, 0.29) is 28.2 Å². The van der Waals surface area contributed by atoms with E-state index in [9.17, 15) is 0 Å². The van der Waals surface area contributed by atoms with Gasteiger partial charge in [0.05, 0.1) is 0 Å². The van der Waals surface area contributed by atoms with Gasteiger partial charge in [0.25, 0.3) is 0 Å². The van der Waals surface area contributed by atoms with E-state index in [0.717, 1.165) is 5.69 Å².